The molecule has 0 heterocycles. The van der Waals surface area contributed by atoms with Crippen molar-refractivity contribution in [2.24, 2.45) is 0 Å². The van der Waals surface area contributed by atoms with Crippen LogP contribution in [0.1, 0.15) is 5.56 Å². The Kier molecular flexibility index (Phi) is 10.6. The molecule has 0 aliphatic heterocycles. The summed E-state index contributed by atoms with van der Waals surface area (Å²) in [6, 6.07) is 88.0. The van der Waals surface area contributed by atoms with Crippen LogP contribution in [0.25, 0.3) is 22.3 Å². The van der Waals surface area contributed by atoms with Crippen LogP contribution in [0.4, 0.5) is 34.1 Å². The average molecular weight is 761 g/mol. The fraction of sp³-hybridized carbons (Fsp3) is 0.0182. The average Bonchev–Trinajstić information content (AvgIpc) is 3.30. The van der Waals surface area contributed by atoms with Crippen molar-refractivity contribution in [2.45, 2.75) is 6.92 Å². The topological polar surface area (TPSA) is 6.48 Å². The van der Waals surface area contributed by atoms with Gasteiger partial charge in [-0.15, -0.1) is 0 Å². The van der Waals surface area contributed by atoms with E-state index in [1.165, 1.54) is 49.1 Å². The molecule has 0 spiro atoms. The van der Waals surface area contributed by atoms with E-state index in [2.05, 4.69) is 259 Å². The van der Waals surface area contributed by atoms with Crippen molar-refractivity contribution < 1.29 is 0 Å². The zero-order valence-corrected chi connectivity index (χ0v) is 33.7. The molecular formula is C55H44N2Si. The summed E-state index contributed by atoms with van der Waals surface area (Å²) < 4.78 is 0. The summed E-state index contributed by atoms with van der Waals surface area (Å²) in [5.41, 5.74) is 12.9. The highest BCUT2D eigenvalue weighted by atomic mass is 28.3. The molecule has 2 nitrogen and oxygen atoms in total. The van der Waals surface area contributed by atoms with E-state index in [1.54, 1.807) is 0 Å². The summed E-state index contributed by atoms with van der Waals surface area (Å²) in [6.45, 7) is 2.30. The van der Waals surface area contributed by atoms with E-state index in [1.807, 2.05) is 0 Å². The smallest absolute Gasteiger partial charge is 0.136 e. The van der Waals surface area contributed by atoms with Gasteiger partial charge in [0.15, 0.2) is 0 Å². The van der Waals surface area contributed by atoms with E-state index >= 15 is 0 Å². The molecule has 0 N–H and O–H groups in total. The highest BCUT2D eigenvalue weighted by Crippen LogP contribution is 2.44. The fourth-order valence-corrected chi connectivity index (χ4v) is 11.7. The molecule has 9 aromatic rings. The lowest BCUT2D eigenvalue weighted by molar-refractivity contribution is 1.25. The number of para-hydroxylation sites is 4. The normalized spacial score (nSPS) is 11.0. The fourth-order valence-electron chi connectivity index (χ4n) is 8.36. The Balaban J connectivity index is 1.34. The minimum Gasteiger partial charge on any atom is -0.311 e. The van der Waals surface area contributed by atoms with Gasteiger partial charge >= 0.3 is 0 Å². The first kappa shape index (κ1) is 36.4. The third kappa shape index (κ3) is 7.27. The van der Waals surface area contributed by atoms with Gasteiger partial charge in [0.25, 0.3) is 0 Å². The van der Waals surface area contributed by atoms with Crippen LogP contribution in [0.5, 0.6) is 0 Å². The molecule has 0 saturated carbocycles. The van der Waals surface area contributed by atoms with Gasteiger partial charge in [0.05, 0.1) is 5.69 Å². The Morgan fingerprint density at radius 2 is 0.672 bits per heavy atom. The Hall–Kier alpha value is -7.20. The van der Waals surface area contributed by atoms with Gasteiger partial charge in [0, 0.05) is 34.0 Å². The maximum absolute atomic E-state index is 2.45. The quantitative estimate of drug-likeness (QED) is 0.0957. The number of hydrogen-bond acceptors (Lipinski definition) is 2. The molecule has 278 valence electrons. The molecule has 0 unspecified atom stereocenters. The molecule has 0 radical (unpaired) electrons. The van der Waals surface area contributed by atoms with Gasteiger partial charge in [-0.1, -0.05) is 198 Å². The van der Waals surface area contributed by atoms with Crippen LogP contribution in [0.15, 0.2) is 243 Å². The van der Waals surface area contributed by atoms with Gasteiger partial charge in [-0.25, -0.2) is 0 Å². The summed E-state index contributed by atoms with van der Waals surface area (Å²) in [5, 5.41) is 4.13. The van der Waals surface area contributed by atoms with Crippen molar-refractivity contribution in [3.63, 3.8) is 0 Å². The first-order valence-electron chi connectivity index (χ1n) is 20.0. The second kappa shape index (κ2) is 16.9. The second-order valence-corrected chi connectivity index (χ2v) is 17.3. The van der Waals surface area contributed by atoms with Crippen molar-refractivity contribution in [2.75, 3.05) is 9.80 Å². The van der Waals surface area contributed by atoms with Crippen LogP contribution in [-0.4, -0.2) is 8.80 Å². The molecule has 0 aliphatic rings. The van der Waals surface area contributed by atoms with E-state index in [9.17, 15) is 0 Å². The third-order valence-electron chi connectivity index (χ3n) is 11.0. The number of hydrogen-bond donors (Lipinski definition) is 0. The van der Waals surface area contributed by atoms with Gasteiger partial charge in [-0.05, 0) is 89.0 Å². The predicted molar refractivity (Wildman–Crippen MR) is 250 cm³/mol. The first-order valence-corrected chi connectivity index (χ1v) is 21.7. The van der Waals surface area contributed by atoms with Crippen LogP contribution in [0.2, 0.25) is 0 Å². The molecule has 0 bridgehead atoms. The summed E-state index contributed by atoms with van der Waals surface area (Å²) in [5.74, 6) is 0. The molecule has 0 amide bonds. The van der Waals surface area contributed by atoms with Crippen LogP contribution in [0, 0.1) is 6.92 Å². The lowest BCUT2D eigenvalue weighted by atomic mass is 9.96. The number of benzene rings is 9. The zero-order valence-electron chi connectivity index (χ0n) is 32.6. The van der Waals surface area contributed by atoms with Gasteiger partial charge in [-0.2, -0.15) is 0 Å². The lowest BCUT2D eigenvalue weighted by Gasteiger charge is -2.33. The first-order chi connectivity index (χ1) is 28.8. The summed E-state index contributed by atoms with van der Waals surface area (Å²) in [6.07, 6.45) is 0. The maximum Gasteiger partial charge on any atom is 0.136 e. The number of nitrogens with zero attached hydrogens (tertiary/aromatic N) is 2. The molecule has 58 heavy (non-hydrogen) atoms. The van der Waals surface area contributed by atoms with Gasteiger partial charge in [0.2, 0.25) is 0 Å². The van der Waals surface area contributed by atoms with Gasteiger partial charge in [-0.3, -0.25) is 0 Å². The van der Waals surface area contributed by atoms with Crippen molar-refractivity contribution in [3.05, 3.63) is 248 Å². The Morgan fingerprint density at radius 3 is 1.21 bits per heavy atom. The summed E-state index contributed by atoms with van der Waals surface area (Å²) in [4.78, 5) is 4.89. The Bertz CT molecular complexity index is 2640. The molecule has 0 aromatic heterocycles. The molecule has 0 atom stereocenters. The third-order valence-corrected chi connectivity index (χ3v) is 14.3. The SMILES string of the molecule is Cc1c(-c2cccc(N(c3ccccc3)c3ccccc3)c2[SiH](c2ccccc2)c2ccccc2)cccc1N(c1ccccc1)c1ccccc1-c1ccccc1. The van der Waals surface area contributed by atoms with E-state index in [0.29, 0.717) is 0 Å². The predicted octanol–water partition coefficient (Wildman–Crippen LogP) is 12.5. The van der Waals surface area contributed by atoms with Crippen LogP contribution < -0.4 is 25.4 Å². The summed E-state index contributed by atoms with van der Waals surface area (Å²) >= 11 is 0. The minimum atomic E-state index is -2.14. The Morgan fingerprint density at radius 1 is 0.293 bits per heavy atom. The van der Waals surface area contributed by atoms with E-state index < -0.39 is 8.80 Å². The van der Waals surface area contributed by atoms with Crippen LogP contribution in [-0.2, 0) is 0 Å². The molecular weight excluding hydrogens is 717 g/mol. The van der Waals surface area contributed by atoms with Crippen LogP contribution >= 0.6 is 0 Å². The Labute approximate surface area is 344 Å². The number of anilines is 6. The van der Waals surface area contributed by atoms with Gasteiger partial charge < -0.3 is 9.80 Å². The van der Waals surface area contributed by atoms with E-state index in [-0.39, 0.29) is 0 Å². The van der Waals surface area contributed by atoms with E-state index in [0.717, 1.165) is 28.4 Å². The van der Waals surface area contributed by atoms with Crippen molar-refractivity contribution >= 4 is 58.5 Å². The van der Waals surface area contributed by atoms with Crippen molar-refractivity contribution in [1.82, 2.24) is 0 Å². The second-order valence-electron chi connectivity index (χ2n) is 14.5. The molecule has 0 fully saturated rings. The van der Waals surface area contributed by atoms with Gasteiger partial charge in [0.1, 0.15) is 8.80 Å². The molecule has 9 rings (SSSR count). The van der Waals surface area contributed by atoms with Crippen molar-refractivity contribution in [1.29, 1.82) is 0 Å². The highest BCUT2D eigenvalue weighted by molar-refractivity contribution is 6.97. The van der Waals surface area contributed by atoms with Crippen molar-refractivity contribution in [3.8, 4) is 22.3 Å². The monoisotopic (exact) mass is 760 g/mol. The van der Waals surface area contributed by atoms with E-state index in [4.69, 9.17) is 0 Å². The highest BCUT2D eigenvalue weighted by Gasteiger charge is 2.30. The molecule has 9 aromatic carbocycles. The largest absolute Gasteiger partial charge is 0.311 e. The lowest BCUT2D eigenvalue weighted by Crippen LogP contribution is -2.53. The maximum atomic E-state index is 2.45. The summed E-state index contributed by atoms with van der Waals surface area (Å²) in [7, 11) is -2.14. The zero-order chi connectivity index (χ0) is 39.1. The number of rotatable bonds is 11. The molecule has 0 aliphatic carbocycles. The molecule has 0 saturated heterocycles. The minimum absolute atomic E-state index is 1.11. The standard InChI is InChI=1S/C55H44N2Si/c1-42-49(37-22-40-52(42)57(46-30-14-5-15-31-46)53-39-21-20-36-50(53)43-24-8-2-9-25-43)51-38-23-41-54(56(44-26-10-3-11-27-44)45-28-12-4-13-29-45)55(51)58(47-32-16-6-17-33-47)48-34-18-7-19-35-48/h2-41,58H,1H3. The van der Waals surface area contributed by atoms with Crippen LogP contribution in [0.3, 0.4) is 0 Å². The molecule has 3 heteroatoms.